The molecule has 0 aliphatic carbocycles. The Morgan fingerprint density at radius 2 is 1.72 bits per heavy atom. The maximum absolute atomic E-state index is 12.6. The number of rotatable bonds is 10. The zero-order valence-corrected chi connectivity index (χ0v) is 18.2. The van der Waals surface area contributed by atoms with E-state index in [1.807, 2.05) is 42.3 Å². The summed E-state index contributed by atoms with van der Waals surface area (Å²) in [5.74, 6) is 2.10. The Balaban J connectivity index is 2.08. The molecule has 29 heavy (non-hydrogen) atoms. The highest BCUT2D eigenvalue weighted by Crippen LogP contribution is 2.40. The van der Waals surface area contributed by atoms with Crippen molar-refractivity contribution in [3.63, 3.8) is 0 Å². The zero-order chi connectivity index (χ0) is 21.4. The van der Waals surface area contributed by atoms with Crippen LogP contribution in [0.4, 0.5) is 5.69 Å². The Bertz CT molecular complexity index is 823. The van der Waals surface area contributed by atoms with Gasteiger partial charge >= 0.3 is 0 Å². The van der Waals surface area contributed by atoms with E-state index in [2.05, 4.69) is 25.2 Å². The average Bonchev–Trinajstić information content (AvgIpc) is 2.72. The molecule has 0 spiro atoms. The lowest BCUT2D eigenvalue weighted by atomic mass is 9.97. The van der Waals surface area contributed by atoms with Crippen molar-refractivity contribution in [2.45, 2.75) is 32.7 Å². The molecular weight excluding hydrogens is 368 g/mol. The second-order valence-corrected chi connectivity index (χ2v) is 7.11. The molecule has 0 heterocycles. The molecule has 1 amide bonds. The van der Waals surface area contributed by atoms with E-state index >= 15 is 0 Å². The molecule has 0 aromatic heterocycles. The van der Waals surface area contributed by atoms with Gasteiger partial charge in [-0.2, -0.15) is 0 Å². The molecule has 2 aromatic rings. The number of methoxy groups -OCH3 is 3. The minimum Gasteiger partial charge on any atom is -0.493 e. The van der Waals surface area contributed by atoms with Crippen LogP contribution in [0.5, 0.6) is 17.2 Å². The van der Waals surface area contributed by atoms with E-state index in [1.165, 1.54) is 0 Å². The second kappa shape index (κ2) is 10.7. The van der Waals surface area contributed by atoms with Crippen molar-refractivity contribution in [2.75, 3.05) is 40.2 Å². The summed E-state index contributed by atoms with van der Waals surface area (Å²) in [4.78, 5) is 14.6. The third-order valence-electron chi connectivity index (χ3n) is 5.02. The second-order valence-electron chi connectivity index (χ2n) is 7.11. The molecule has 2 aromatic carbocycles. The highest BCUT2D eigenvalue weighted by atomic mass is 16.5. The molecule has 158 valence electrons. The largest absolute Gasteiger partial charge is 0.493 e. The SMILES string of the molecule is CC[C@@H](C)c1ccccc1NC(=O)CN(C)Cc1ccc(OC)c(OC)c1OC. The van der Waals surface area contributed by atoms with Crippen LogP contribution in [-0.2, 0) is 11.3 Å². The third kappa shape index (κ3) is 5.64. The van der Waals surface area contributed by atoms with Crippen molar-refractivity contribution < 1.29 is 19.0 Å². The standard InChI is InChI=1S/C23H32N2O4/c1-7-16(2)18-10-8-9-11-19(18)24-21(26)15-25(3)14-17-12-13-20(27-4)23(29-6)22(17)28-5/h8-13,16H,7,14-15H2,1-6H3,(H,24,26)/t16-/m1/s1. The highest BCUT2D eigenvalue weighted by Gasteiger charge is 2.18. The van der Waals surface area contributed by atoms with Crippen molar-refractivity contribution in [3.05, 3.63) is 47.5 Å². The third-order valence-corrected chi connectivity index (χ3v) is 5.02. The summed E-state index contributed by atoms with van der Waals surface area (Å²) in [5.41, 5.74) is 2.96. The van der Waals surface area contributed by atoms with E-state index in [0.29, 0.717) is 29.7 Å². The van der Waals surface area contributed by atoms with Gasteiger partial charge in [0.05, 0.1) is 27.9 Å². The predicted molar refractivity (Wildman–Crippen MR) is 116 cm³/mol. The zero-order valence-electron chi connectivity index (χ0n) is 18.2. The topological polar surface area (TPSA) is 60.0 Å². The number of hydrogen-bond donors (Lipinski definition) is 1. The molecule has 0 saturated carbocycles. The van der Waals surface area contributed by atoms with Crippen LogP contribution in [0.2, 0.25) is 0 Å². The van der Waals surface area contributed by atoms with Crippen molar-refractivity contribution in [2.24, 2.45) is 0 Å². The van der Waals surface area contributed by atoms with Gasteiger partial charge in [0, 0.05) is 17.8 Å². The molecule has 0 saturated heterocycles. The summed E-state index contributed by atoms with van der Waals surface area (Å²) in [6.45, 7) is 5.10. The first-order valence-electron chi connectivity index (χ1n) is 9.80. The summed E-state index contributed by atoms with van der Waals surface area (Å²) < 4.78 is 16.3. The van der Waals surface area contributed by atoms with Gasteiger partial charge in [0.2, 0.25) is 11.7 Å². The van der Waals surface area contributed by atoms with Crippen LogP contribution >= 0.6 is 0 Å². The van der Waals surface area contributed by atoms with E-state index < -0.39 is 0 Å². The number of ether oxygens (including phenoxy) is 3. The molecule has 0 radical (unpaired) electrons. The van der Waals surface area contributed by atoms with Crippen molar-refractivity contribution in [1.29, 1.82) is 0 Å². The van der Waals surface area contributed by atoms with E-state index in [0.717, 1.165) is 23.2 Å². The average molecular weight is 401 g/mol. The molecule has 0 fully saturated rings. The van der Waals surface area contributed by atoms with Gasteiger partial charge in [-0.1, -0.05) is 38.1 Å². The van der Waals surface area contributed by atoms with E-state index in [-0.39, 0.29) is 12.5 Å². The minimum atomic E-state index is -0.0531. The molecule has 0 unspecified atom stereocenters. The smallest absolute Gasteiger partial charge is 0.238 e. The van der Waals surface area contributed by atoms with Gasteiger partial charge < -0.3 is 19.5 Å². The van der Waals surface area contributed by atoms with Gasteiger partial charge in [0.1, 0.15) is 0 Å². The normalized spacial score (nSPS) is 11.8. The lowest BCUT2D eigenvalue weighted by molar-refractivity contribution is -0.117. The number of anilines is 1. The Labute approximate surface area is 173 Å². The van der Waals surface area contributed by atoms with Gasteiger partial charge in [-0.3, -0.25) is 9.69 Å². The molecule has 1 N–H and O–H groups in total. The monoisotopic (exact) mass is 400 g/mol. The predicted octanol–water partition coefficient (Wildman–Crippen LogP) is 4.30. The first-order valence-corrected chi connectivity index (χ1v) is 9.80. The lowest BCUT2D eigenvalue weighted by Crippen LogP contribution is -2.30. The summed E-state index contributed by atoms with van der Waals surface area (Å²) in [5, 5.41) is 3.06. The molecular formula is C23H32N2O4. The quantitative estimate of drug-likeness (QED) is 0.644. The van der Waals surface area contributed by atoms with Crippen molar-refractivity contribution in [1.82, 2.24) is 4.90 Å². The van der Waals surface area contributed by atoms with Crippen LogP contribution < -0.4 is 19.5 Å². The number of benzene rings is 2. The maximum Gasteiger partial charge on any atom is 0.238 e. The summed E-state index contributed by atoms with van der Waals surface area (Å²) >= 11 is 0. The summed E-state index contributed by atoms with van der Waals surface area (Å²) in [6.07, 6.45) is 1.02. The first-order chi connectivity index (χ1) is 13.9. The Morgan fingerprint density at radius 3 is 2.34 bits per heavy atom. The van der Waals surface area contributed by atoms with Gasteiger partial charge in [-0.25, -0.2) is 0 Å². The number of nitrogens with one attached hydrogen (secondary N) is 1. The number of amides is 1. The molecule has 2 rings (SSSR count). The number of nitrogens with zero attached hydrogens (tertiary/aromatic N) is 1. The van der Waals surface area contributed by atoms with Crippen LogP contribution in [0.25, 0.3) is 0 Å². The fraction of sp³-hybridized carbons (Fsp3) is 0.435. The number of likely N-dealkylation sites (N-methyl/N-ethyl adjacent to an activating group) is 1. The molecule has 0 aliphatic heterocycles. The molecule has 0 bridgehead atoms. The Morgan fingerprint density at radius 1 is 1.03 bits per heavy atom. The van der Waals surface area contributed by atoms with Crippen molar-refractivity contribution >= 4 is 11.6 Å². The lowest BCUT2D eigenvalue weighted by Gasteiger charge is -2.21. The summed E-state index contributed by atoms with van der Waals surface area (Å²) in [6, 6.07) is 11.7. The number of carbonyl (C=O) groups is 1. The molecule has 6 nitrogen and oxygen atoms in total. The maximum atomic E-state index is 12.6. The fourth-order valence-electron chi connectivity index (χ4n) is 3.33. The van der Waals surface area contributed by atoms with Crippen LogP contribution in [0.15, 0.2) is 36.4 Å². The Kier molecular flexibility index (Phi) is 8.34. The van der Waals surface area contributed by atoms with E-state index in [4.69, 9.17) is 14.2 Å². The van der Waals surface area contributed by atoms with Crippen molar-refractivity contribution in [3.8, 4) is 17.2 Å². The van der Waals surface area contributed by atoms with Gasteiger partial charge in [0.15, 0.2) is 11.5 Å². The van der Waals surface area contributed by atoms with Gasteiger partial charge in [0.25, 0.3) is 0 Å². The van der Waals surface area contributed by atoms with Crippen LogP contribution in [-0.4, -0.2) is 45.7 Å². The first kappa shape index (κ1) is 22.6. The Hall–Kier alpha value is -2.73. The molecule has 0 aliphatic rings. The minimum absolute atomic E-state index is 0.0531. The van der Waals surface area contributed by atoms with Crippen LogP contribution in [0, 0.1) is 0 Å². The fourth-order valence-corrected chi connectivity index (χ4v) is 3.33. The summed E-state index contributed by atoms with van der Waals surface area (Å²) in [7, 11) is 6.66. The number of hydrogen-bond acceptors (Lipinski definition) is 5. The van der Waals surface area contributed by atoms with E-state index in [9.17, 15) is 4.79 Å². The number of carbonyl (C=O) groups excluding carboxylic acids is 1. The van der Waals surface area contributed by atoms with Crippen LogP contribution in [0.1, 0.15) is 37.3 Å². The van der Waals surface area contributed by atoms with E-state index in [1.54, 1.807) is 21.3 Å². The highest BCUT2D eigenvalue weighted by molar-refractivity contribution is 5.93. The molecule has 6 heteroatoms. The number of para-hydroxylation sites is 1. The van der Waals surface area contributed by atoms with Gasteiger partial charge in [-0.05, 0) is 37.1 Å². The molecule has 1 atom stereocenters. The van der Waals surface area contributed by atoms with Crippen LogP contribution in [0.3, 0.4) is 0 Å². The van der Waals surface area contributed by atoms with Gasteiger partial charge in [-0.15, -0.1) is 0 Å².